The van der Waals surface area contributed by atoms with Crippen LogP contribution in [0, 0.1) is 0 Å². The summed E-state index contributed by atoms with van der Waals surface area (Å²) in [5, 5.41) is 4.47. The molecule has 1 atom stereocenters. The average Bonchev–Trinajstić information content (AvgIpc) is 3.28. The van der Waals surface area contributed by atoms with Gasteiger partial charge in [-0.05, 0) is 18.4 Å². The highest BCUT2D eigenvalue weighted by Gasteiger charge is 2.26. The van der Waals surface area contributed by atoms with E-state index in [1.807, 2.05) is 60.7 Å². The highest BCUT2D eigenvalue weighted by Crippen LogP contribution is 2.32. The highest BCUT2D eigenvalue weighted by atomic mass is 16.6. The fourth-order valence-corrected chi connectivity index (χ4v) is 3.52. The Morgan fingerprint density at radius 3 is 2.38 bits per heavy atom. The molecule has 6 heteroatoms. The van der Waals surface area contributed by atoms with Gasteiger partial charge in [-0.3, -0.25) is 4.79 Å². The van der Waals surface area contributed by atoms with Crippen LogP contribution in [0.2, 0.25) is 0 Å². The molecule has 0 saturated carbocycles. The van der Waals surface area contributed by atoms with Gasteiger partial charge in [-0.1, -0.05) is 60.7 Å². The maximum atomic E-state index is 13.0. The van der Waals surface area contributed by atoms with Crippen LogP contribution in [0.4, 0.5) is 0 Å². The molecule has 1 aliphatic rings. The van der Waals surface area contributed by atoms with Crippen LogP contribution in [-0.4, -0.2) is 35.1 Å². The van der Waals surface area contributed by atoms with Crippen LogP contribution in [0.15, 0.2) is 65.5 Å². The molecule has 0 spiro atoms. The molecule has 0 bridgehead atoms. The van der Waals surface area contributed by atoms with Crippen LogP contribution in [0.3, 0.4) is 0 Å². The highest BCUT2D eigenvalue weighted by molar-refractivity contribution is 6.00. The Morgan fingerprint density at radius 1 is 1.10 bits per heavy atom. The second-order valence-corrected chi connectivity index (χ2v) is 6.99. The van der Waals surface area contributed by atoms with E-state index in [0.29, 0.717) is 17.9 Å². The third-order valence-corrected chi connectivity index (χ3v) is 4.98. The van der Waals surface area contributed by atoms with E-state index in [4.69, 9.17) is 9.47 Å². The van der Waals surface area contributed by atoms with Crippen molar-refractivity contribution >= 4 is 5.97 Å². The van der Waals surface area contributed by atoms with E-state index in [1.165, 1.54) is 4.68 Å². The molecular formula is C23H22N2O4. The molecule has 1 aromatic heterocycles. The number of aromatic nitrogens is 2. The minimum atomic E-state index is -0.653. The summed E-state index contributed by atoms with van der Waals surface area (Å²) < 4.78 is 12.2. The van der Waals surface area contributed by atoms with Crippen molar-refractivity contribution in [1.82, 2.24) is 9.78 Å². The van der Waals surface area contributed by atoms with Gasteiger partial charge in [0.05, 0.1) is 11.8 Å². The van der Waals surface area contributed by atoms with Crippen LogP contribution in [0.5, 0.6) is 0 Å². The zero-order valence-electron chi connectivity index (χ0n) is 16.2. The molecule has 1 unspecified atom stereocenters. The summed E-state index contributed by atoms with van der Waals surface area (Å²) in [7, 11) is 1.54. The lowest BCUT2D eigenvalue weighted by atomic mass is 9.95. The third-order valence-electron chi connectivity index (χ3n) is 4.98. The lowest BCUT2D eigenvalue weighted by Gasteiger charge is -2.16. The minimum absolute atomic E-state index is 0.00875. The van der Waals surface area contributed by atoms with Crippen LogP contribution in [0.25, 0.3) is 22.4 Å². The van der Waals surface area contributed by atoms with Crippen molar-refractivity contribution in [3.63, 3.8) is 0 Å². The van der Waals surface area contributed by atoms with Gasteiger partial charge in [0.1, 0.15) is 12.2 Å². The fourth-order valence-electron chi connectivity index (χ4n) is 3.52. The number of carbonyl (C=O) groups is 1. The predicted molar refractivity (Wildman–Crippen MR) is 110 cm³/mol. The van der Waals surface area contributed by atoms with Crippen molar-refractivity contribution in [2.24, 2.45) is 7.05 Å². The van der Waals surface area contributed by atoms with Crippen molar-refractivity contribution < 1.29 is 14.3 Å². The zero-order chi connectivity index (χ0) is 20.2. The van der Waals surface area contributed by atoms with Gasteiger partial charge >= 0.3 is 5.97 Å². The number of ether oxygens (including phenoxy) is 2. The smallest absolute Gasteiger partial charge is 0.344 e. The first-order valence-electron chi connectivity index (χ1n) is 9.66. The Balaban J connectivity index is 1.85. The summed E-state index contributed by atoms with van der Waals surface area (Å²) in [6.07, 6.45) is 1.69. The van der Waals surface area contributed by atoms with Crippen molar-refractivity contribution in [3.05, 3.63) is 76.6 Å². The third kappa shape index (κ3) is 3.98. The molecule has 4 rings (SSSR count). The summed E-state index contributed by atoms with van der Waals surface area (Å²) >= 11 is 0. The van der Waals surface area contributed by atoms with Crippen molar-refractivity contribution in [2.75, 3.05) is 13.2 Å². The quantitative estimate of drug-likeness (QED) is 0.624. The Morgan fingerprint density at radius 2 is 1.76 bits per heavy atom. The van der Waals surface area contributed by atoms with Gasteiger partial charge in [0.2, 0.25) is 0 Å². The monoisotopic (exact) mass is 390 g/mol. The number of benzene rings is 2. The first-order chi connectivity index (χ1) is 14.1. The molecule has 0 N–H and O–H groups in total. The molecule has 1 saturated heterocycles. The van der Waals surface area contributed by atoms with Gasteiger partial charge in [-0.25, -0.2) is 9.48 Å². The van der Waals surface area contributed by atoms with Gasteiger partial charge in [-0.15, -0.1) is 0 Å². The summed E-state index contributed by atoms with van der Waals surface area (Å²) in [5.41, 5.74) is 2.10. The van der Waals surface area contributed by atoms with Crippen LogP contribution in [0.1, 0.15) is 23.2 Å². The molecule has 2 heterocycles. The normalized spacial score (nSPS) is 16.0. The summed E-state index contributed by atoms with van der Waals surface area (Å²) in [6, 6.07) is 18.8. The number of esters is 1. The largest absolute Gasteiger partial charge is 0.459 e. The Labute approximate surface area is 168 Å². The number of aryl methyl sites for hydroxylation is 1. The number of carbonyl (C=O) groups excluding carboxylic acids is 1. The van der Waals surface area contributed by atoms with Gasteiger partial charge in [-0.2, -0.15) is 5.10 Å². The lowest BCUT2D eigenvalue weighted by molar-refractivity contribution is 0.0160. The Bertz CT molecular complexity index is 1060. The maximum absolute atomic E-state index is 13.0. The second-order valence-electron chi connectivity index (χ2n) is 6.99. The SMILES string of the molecule is Cn1nc(-c2ccccc2)c(-c2ccccc2)c(C(=O)OCC2CCCO2)c1=O. The molecule has 1 aliphatic heterocycles. The molecule has 148 valence electrons. The zero-order valence-corrected chi connectivity index (χ0v) is 16.2. The molecular weight excluding hydrogens is 368 g/mol. The number of nitrogens with zero attached hydrogens (tertiary/aromatic N) is 2. The van der Waals surface area contributed by atoms with Crippen molar-refractivity contribution in [1.29, 1.82) is 0 Å². The maximum Gasteiger partial charge on any atom is 0.344 e. The van der Waals surface area contributed by atoms with Crippen LogP contribution >= 0.6 is 0 Å². The van der Waals surface area contributed by atoms with Gasteiger partial charge in [0, 0.05) is 24.8 Å². The van der Waals surface area contributed by atoms with E-state index >= 15 is 0 Å². The van der Waals surface area contributed by atoms with Gasteiger partial charge in [0.25, 0.3) is 5.56 Å². The molecule has 0 radical (unpaired) electrons. The lowest BCUT2D eigenvalue weighted by Crippen LogP contribution is -2.30. The first kappa shape index (κ1) is 19.1. The van der Waals surface area contributed by atoms with Crippen molar-refractivity contribution in [3.8, 4) is 22.4 Å². The topological polar surface area (TPSA) is 70.4 Å². The van der Waals surface area contributed by atoms with E-state index in [9.17, 15) is 9.59 Å². The standard InChI is InChI=1S/C23H22N2O4/c1-25-22(26)20(23(27)29-15-18-13-8-14-28-18)19(16-9-4-2-5-10-16)21(24-25)17-11-6-3-7-12-17/h2-7,9-12,18H,8,13-15H2,1H3. The predicted octanol–water partition coefficient (Wildman–Crippen LogP) is 3.45. The Hall–Kier alpha value is -3.25. The molecule has 29 heavy (non-hydrogen) atoms. The minimum Gasteiger partial charge on any atom is -0.459 e. The molecule has 1 fully saturated rings. The molecule has 2 aromatic carbocycles. The second kappa shape index (κ2) is 8.41. The number of hydrogen-bond donors (Lipinski definition) is 0. The summed E-state index contributed by atoms with van der Waals surface area (Å²) in [6.45, 7) is 0.811. The number of hydrogen-bond acceptors (Lipinski definition) is 5. The number of rotatable bonds is 5. The fraction of sp³-hybridized carbons (Fsp3) is 0.261. The van der Waals surface area contributed by atoms with E-state index in [-0.39, 0.29) is 18.3 Å². The van der Waals surface area contributed by atoms with Gasteiger partial charge in [0.15, 0.2) is 0 Å². The average molecular weight is 390 g/mol. The Kier molecular flexibility index (Phi) is 5.53. The molecule has 0 amide bonds. The van der Waals surface area contributed by atoms with E-state index in [2.05, 4.69) is 5.10 Å². The molecule has 3 aromatic rings. The van der Waals surface area contributed by atoms with E-state index < -0.39 is 11.5 Å². The van der Waals surface area contributed by atoms with Crippen LogP contribution in [-0.2, 0) is 16.5 Å². The summed E-state index contributed by atoms with van der Waals surface area (Å²) in [4.78, 5) is 26.0. The first-order valence-corrected chi connectivity index (χ1v) is 9.66. The molecule has 6 nitrogen and oxygen atoms in total. The summed E-state index contributed by atoms with van der Waals surface area (Å²) in [5.74, 6) is -0.653. The van der Waals surface area contributed by atoms with Crippen LogP contribution < -0.4 is 5.56 Å². The van der Waals surface area contributed by atoms with Crippen molar-refractivity contribution in [2.45, 2.75) is 18.9 Å². The van der Waals surface area contributed by atoms with E-state index in [0.717, 1.165) is 24.0 Å². The van der Waals surface area contributed by atoms with Gasteiger partial charge < -0.3 is 9.47 Å². The molecule has 0 aliphatic carbocycles. The van der Waals surface area contributed by atoms with E-state index in [1.54, 1.807) is 7.05 Å².